The normalized spacial score (nSPS) is 17.8. The molecule has 1 aliphatic rings. The van der Waals surface area contributed by atoms with Gasteiger partial charge in [-0.25, -0.2) is 19.7 Å². The first-order valence-corrected chi connectivity index (χ1v) is 8.26. The molecule has 2 aromatic heterocycles. The van der Waals surface area contributed by atoms with Crippen molar-refractivity contribution < 1.29 is 9.90 Å². The lowest BCUT2D eigenvalue weighted by molar-refractivity contribution is 0.116. The summed E-state index contributed by atoms with van der Waals surface area (Å²) in [4.78, 5) is 27.7. The zero-order valence-corrected chi connectivity index (χ0v) is 14.2. The molecule has 1 fully saturated rings. The molecule has 1 unspecified atom stereocenters. The molecule has 0 saturated carbocycles. The second-order valence-corrected chi connectivity index (χ2v) is 6.03. The molecule has 1 atom stereocenters. The van der Waals surface area contributed by atoms with Crippen molar-refractivity contribution in [1.29, 1.82) is 0 Å². The molecule has 0 aliphatic carbocycles. The summed E-state index contributed by atoms with van der Waals surface area (Å²) in [5.41, 5.74) is 1.67. The van der Waals surface area contributed by atoms with Crippen molar-refractivity contribution >= 4 is 24.5 Å². The fourth-order valence-electron chi connectivity index (χ4n) is 2.90. The SMILES string of the molecule is CCC1CN(c2ccc(-c3ccnc(S)n3)cn2)CCN1C(=O)O. The predicted molar refractivity (Wildman–Crippen MR) is 93.5 cm³/mol. The Kier molecular flexibility index (Phi) is 4.84. The molecule has 126 valence electrons. The molecule has 8 heteroatoms. The van der Waals surface area contributed by atoms with E-state index in [-0.39, 0.29) is 6.04 Å². The van der Waals surface area contributed by atoms with E-state index in [0.717, 1.165) is 23.5 Å². The van der Waals surface area contributed by atoms with Crippen LogP contribution in [0.3, 0.4) is 0 Å². The van der Waals surface area contributed by atoms with Gasteiger partial charge in [0.1, 0.15) is 5.82 Å². The van der Waals surface area contributed by atoms with Crippen LogP contribution >= 0.6 is 12.6 Å². The van der Waals surface area contributed by atoms with Crippen molar-refractivity contribution in [1.82, 2.24) is 19.9 Å². The highest BCUT2D eigenvalue weighted by atomic mass is 32.1. The van der Waals surface area contributed by atoms with Gasteiger partial charge in [0, 0.05) is 37.6 Å². The molecule has 24 heavy (non-hydrogen) atoms. The van der Waals surface area contributed by atoms with Crippen molar-refractivity contribution in [3.05, 3.63) is 30.6 Å². The third-order valence-corrected chi connectivity index (χ3v) is 4.43. The lowest BCUT2D eigenvalue weighted by atomic mass is 10.1. The molecule has 0 aromatic carbocycles. The number of aromatic nitrogens is 3. The van der Waals surface area contributed by atoms with E-state index < -0.39 is 6.09 Å². The summed E-state index contributed by atoms with van der Waals surface area (Å²) in [6, 6.07) is 5.71. The first kappa shape index (κ1) is 16.5. The van der Waals surface area contributed by atoms with Crippen molar-refractivity contribution in [3.8, 4) is 11.3 Å². The molecule has 1 aliphatic heterocycles. The van der Waals surface area contributed by atoms with Crippen LogP contribution in [0.5, 0.6) is 0 Å². The van der Waals surface area contributed by atoms with E-state index in [0.29, 0.717) is 24.8 Å². The van der Waals surface area contributed by atoms with Crippen LogP contribution in [0.1, 0.15) is 13.3 Å². The Morgan fingerprint density at radius 2 is 2.17 bits per heavy atom. The summed E-state index contributed by atoms with van der Waals surface area (Å²) in [7, 11) is 0. The van der Waals surface area contributed by atoms with E-state index >= 15 is 0 Å². The maximum absolute atomic E-state index is 11.3. The minimum Gasteiger partial charge on any atom is -0.465 e. The summed E-state index contributed by atoms with van der Waals surface area (Å²) in [5.74, 6) is 0.849. The number of pyridine rings is 1. The molecule has 3 rings (SSSR count). The summed E-state index contributed by atoms with van der Waals surface area (Å²) >= 11 is 4.15. The quantitative estimate of drug-likeness (QED) is 0.657. The molecule has 7 nitrogen and oxygen atoms in total. The Bertz CT molecular complexity index is 725. The van der Waals surface area contributed by atoms with Crippen LogP contribution in [0.25, 0.3) is 11.3 Å². The monoisotopic (exact) mass is 345 g/mol. The van der Waals surface area contributed by atoms with Gasteiger partial charge in [0.05, 0.1) is 11.7 Å². The Balaban J connectivity index is 1.75. The number of hydrogen-bond acceptors (Lipinski definition) is 6. The van der Waals surface area contributed by atoms with Crippen LogP contribution < -0.4 is 4.90 Å². The highest BCUT2D eigenvalue weighted by Gasteiger charge is 2.29. The smallest absolute Gasteiger partial charge is 0.407 e. The van der Waals surface area contributed by atoms with Gasteiger partial charge >= 0.3 is 6.09 Å². The third-order valence-electron chi connectivity index (χ3n) is 4.21. The van der Waals surface area contributed by atoms with Crippen molar-refractivity contribution in [3.63, 3.8) is 0 Å². The van der Waals surface area contributed by atoms with Crippen molar-refractivity contribution in [2.24, 2.45) is 0 Å². The minimum atomic E-state index is -0.851. The van der Waals surface area contributed by atoms with Gasteiger partial charge in [-0.1, -0.05) is 6.92 Å². The average Bonchev–Trinajstić information content (AvgIpc) is 2.61. The van der Waals surface area contributed by atoms with E-state index in [4.69, 9.17) is 0 Å². The zero-order valence-electron chi connectivity index (χ0n) is 13.3. The highest BCUT2D eigenvalue weighted by molar-refractivity contribution is 7.80. The first-order chi connectivity index (χ1) is 11.6. The third kappa shape index (κ3) is 3.43. The topological polar surface area (TPSA) is 82.5 Å². The molecule has 0 radical (unpaired) electrons. The lowest BCUT2D eigenvalue weighted by Gasteiger charge is -2.40. The summed E-state index contributed by atoms with van der Waals surface area (Å²) < 4.78 is 0. The lowest BCUT2D eigenvalue weighted by Crippen LogP contribution is -2.54. The van der Waals surface area contributed by atoms with Crippen LogP contribution in [0, 0.1) is 0 Å². The van der Waals surface area contributed by atoms with Crippen molar-refractivity contribution in [2.45, 2.75) is 24.5 Å². The van der Waals surface area contributed by atoms with Crippen LogP contribution in [0.2, 0.25) is 0 Å². The van der Waals surface area contributed by atoms with Crippen molar-refractivity contribution in [2.75, 3.05) is 24.5 Å². The number of rotatable bonds is 3. The fraction of sp³-hybridized carbons (Fsp3) is 0.375. The maximum atomic E-state index is 11.3. The van der Waals surface area contributed by atoms with Gasteiger partial charge in [-0.3, -0.25) is 0 Å². The number of amides is 1. The number of carbonyl (C=O) groups is 1. The molecule has 0 spiro atoms. The Labute approximate surface area is 145 Å². The number of carboxylic acid groups (broad SMARTS) is 1. The molecular weight excluding hydrogens is 326 g/mol. The highest BCUT2D eigenvalue weighted by Crippen LogP contribution is 2.22. The fourth-order valence-corrected chi connectivity index (χ4v) is 3.07. The Hall–Kier alpha value is -2.35. The van der Waals surface area contributed by atoms with Gasteiger partial charge in [-0.05, 0) is 24.6 Å². The van der Waals surface area contributed by atoms with Crippen LogP contribution in [-0.4, -0.2) is 56.7 Å². The van der Waals surface area contributed by atoms with Crippen LogP contribution in [-0.2, 0) is 0 Å². The average molecular weight is 345 g/mol. The Morgan fingerprint density at radius 1 is 1.33 bits per heavy atom. The Morgan fingerprint density at radius 3 is 2.79 bits per heavy atom. The van der Waals surface area contributed by atoms with Gasteiger partial charge in [-0.15, -0.1) is 12.6 Å². The predicted octanol–water partition coefficient (Wildman–Crippen LogP) is 2.41. The molecule has 1 N–H and O–H groups in total. The summed E-state index contributed by atoms with van der Waals surface area (Å²) in [5, 5.41) is 9.68. The van der Waals surface area contributed by atoms with E-state index in [1.807, 2.05) is 25.1 Å². The standard InChI is InChI=1S/C16H19N5O2S/c1-2-12-10-20(7-8-21(12)16(22)23)14-4-3-11(9-18-14)13-5-6-17-15(24)19-13/h3-6,9,12H,2,7-8,10H2,1H3,(H,22,23)(H,17,19,24). The number of hydrogen-bond donors (Lipinski definition) is 2. The zero-order chi connectivity index (χ0) is 17.1. The second kappa shape index (κ2) is 7.04. The van der Waals surface area contributed by atoms with Gasteiger partial charge in [-0.2, -0.15) is 0 Å². The maximum Gasteiger partial charge on any atom is 0.407 e. The second-order valence-electron chi connectivity index (χ2n) is 5.63. The van der Waals surface area contributed by atoms with Gasteiger partial charge in [0.15, 0.2) is 5.16 Å². The van der Waals surface area contributed by atoms with E-state index in [9.17, 15) is 9.90 Å². The van der Waals surface area contributed by atoms with E-state index in [1.54, 1.807) is 12.4 Å². The minimum absolute atomic E-state index is 0.00803. The number of nitrogens with zero attached hydrogens (tertiary/aromatic N) is 5. The summed E-state index contributed by atoms with van der Waals surface area (Å²) in [6.07, 6.45) is 3.37. The summed E-state index contributed by atoms with van der Waals surface area (Å²) in [6.45, 7) is 3.80. The van der Waals surface area contributed by atoms with Crippen LogP contribution in [0.4, 0.5) is 10.6 Å². The van der Waals surface area contributed by atoms with Gasteiger partial charge in [0.2, 0.25) is 0 Å². The molecule has 1 amide bonds. The van der Waals surface area contributed by atoms with E-state index in [2.05, 4.69) is 32.5 Å². The first-order valence-electron chi connectivity index (χ1n) is 7.81. The number of anilines is 1. The number of piperazine rings is 1. The molecule has 0 bridgehead atoms. The molecule has 2 aromatic rings. The molecule has 3 heterocycles. The molecular formula is C16H19N5O2S. The van der Waals surface area contributed by atoms with E-state index in [1.165, 1.54) is 4.90 Å². The van der Waals surface area contributed by atoms with Gasteiger partial charge in [0.25, 0.3) is 0 Å². The molecule has 1 saturated heterocycles. The van der Waals surface area contributed by atoms with Gasteiger partial charge < -0.3 is 14.9 Å². The number of thiol groups is 1. The largest absolute Gasteiger partial charge is 0.465 e. The van der Waals surface area contributed by atoms with Crippen LogP contribution in [0.15, 0.2) is 35.7 Å².